The van der Waals surface area contributed by atoms with E-state index in [-0.39, 0.29) is 0 Å². The van der Waals surface area contributed by atoms with Crippen molar-refractivity contribution in [2.24, 2.45) is 0 Å². The van der Waals surface area contributed by atoms with Gasteiger partial charge in [0.05, 0.1) is 16.7 Å². The van der Waals surface area contributed by atoms with Crippen LogP contribution in [0, 0.1) is 0 Å². The molecule has 0 unspecified atom stereocenters. The third kappa shape index (κ3) is 5.40. The van der Waals surface area contributed by atoms with Gasteiger partial charge in [0.1, 0.15) is 11.2 Å². The fourth-order valence-electron chi connectivity index (χ4n) is 8.33. The average molecular weight is 715 g/mol. The van der Waals surface area contributed by atoms with Crippen molar-refractivity contribution >= 4 is 43.7 Å². The van der Waals surface area contributed by atoms with Crippen molar-refractivity contribution in [3.8, 4) is 61.5 Å². The van der Waals surface area contributed by atoms with E-state index in [2.05, 4.69) is 198 Å². The van der Waals surface area contributed by atoms with E-state index < -0.39 is 0 Å². The van der Waals surface area contributed by atoms with Gasteiger partial charge in [-0.25, -0.2) is 0 Å². The van der Waals surface area contributed by atoms with Crippen LogP contribution in [0.3, 0.4) is 0 Å². The number of aromatic nitrogens is 2. The number of para-hydroxylation sites is 2. The van der Waals surface area contributed by atoms with Crippen molar-refractivity contribution < 1.29 is 4.42 Å². The lowest BCUT2D eigenvalue weighted by Crippen LogP contribution is -1.93. The topological polar surface area (TPSA) is 31.0 Å². The normalized spacial score (nSPS) is 11.6. The van der Waals surface area contributed by atoms with E-state index in [9.17, 15) is 0 Å². The second-order valence-corrected chi connectivity index (χ2v) is 14.4. The lowest BCUT2D eigenvalue weighted by molar-refractivity contribution is 0.670. The van der Waals surface area contributed by atoms with Gasteiger partial charge >= 0.3 is 0 Å². The first-order valence-corrected chi connectivity index (χ1v) is 19.0. The molecule has 3 nitrogen and oxygen atoms in total. The van der Waals surface area contributed by atoms with E-state index >= 15 is 0 Å². The highest BCUT2D eigenvalue weighted by Crippen LogP contribution is 2.41. The number of nitrogens with zero attached hydrogens (tertiary/aromatic N) is 2. The minimum absolute atomic E-state index is 0.879. The van der Waals surface area contributed by atoms with Crippen molar-refractivity contribution in [3.05, 3.63) is 206 Å². The maximum Gasteiger partial charge on any atom is 0.143 e. The maximum atomic E-state index is 6.71. The molecular weight excluding hydrogens is 681 g/mol. The number of pyridine rings is 1. The molecule has 0 bridgehead atoms. The Kier molecular flexibility index (Phi) is 7.49. The Hall–Kier alpha value is -7.49. The molecule has 0 N–H and O–H groups in total. The Morgan fingerprint density at radius 3 is 1.61 bits per heavy atom. The molecule has 262 valence electrons. The summed E-state index contributed by atoms with van der Waals surface area (Å²) in [6, 6.07) is 71.4. The van der Waals surface area contributed by atoms with Gasteiger partial charge in [0.15, 0.2) is 0 Å². The van der Waals surface area contributed by atoms with Gasteiger partial charge < -0.3 is 8.98 Å². The minimum atomic E-state index is 0.879. The van der Waals surface area contributed by atoms with E-state index in [0.29, 0.717) is 0 Å². The molecule has 11 rings (SSSR count). The molecule has 56 heavy (non-hydrogen) atoms. The summed E-state index contributed by atoms with van der Waals surface area (Å²) < 4.78 is 9.07. The van der Waals surface area contributed by atoms with Crippen LogP contribution in [0.2, 0.25) is 0 Å². The lowest BCUT2D eigenvalue weighted by Gasteiger charge is -2.09. The predicted octanol–water partition coefficient (Wildman–Crippen LogP) is 14.4. The van der Waals surface area contributed by atoms with Crippen molar-refractivity contribution in [2.45, 2.75) is 0 Å². The van der Waals surface area contributed by atoms with E-state index in [0.717, 1.165) is 66.6 Å². The minimum Gasteiger partial charge on any atom is -0.455 e. The molecule has 3 heterocycles. The van der Waals surface area contributed by atoms with E-state index in [4.69, 9.17) is 4.42 Å². The van der Waals surface area contributed by atoms with Gasteiger partial charge in [0, 0.05) is 44.6 Å². The summed E-state index contributed by atoms with van der Waals surface area (Å²) >= 11 is 0. The Labute approximate surface area is 324 Å². The lowest BCUT2D eigenvalue weighted by atomic mass is 9.95. The molecule has 11 aromatic rings. The molecule has 3 aromatic heterocycles. The number of rotatable bonds is 6. The maximum absolute atomic E-state index is 6.71. The number of furan rings is 1. The summed E-state index contributed by atoms with van der Waals surface area (Å²) in [7, 11) is 0. The molecule has 0 radical (unpaired) electrons. The monoisotopic (exact) mass is 714 g/mol. The van der Waals surface area contributed by atoms with Crippen LogP contribution in [0.15, 0.2) is 211 Å². The molecule has 0 spiro atoms. The molecule has 8 aromatic carbocycles. The molecule has 3 heteroatoms. The highest BCUT2D eigenvalue weighted by Gasteiger charge is 2.18. The number of benzene rings is 8. The first kappa shape index (κ1) is 32.0. The van der Waals surface area contributed by atoms with Gasteiger partial charge in [0.25, 0.3) is 0 Å². The fourth-order valence-corrected chi connectivity index (χ4v) is 8.33. The van der Waals surface area contributed by atoms with Gasteiger partial charge in [0.2, 0.25) is 0 Å². The molecule has 0 aliphatic rings. The van der Waals surface area contributed by atoms with Crippen LogP contribution in [-0.2, 0) is 0 Å². The third-order valence-electron chi connectivity index (χ3n) is 11.0. The van der Waals surface area contributed by atoms with Crippen LogP contribution in [0.4, 0.5) is 0 Å². The van der Waals surface area contributed by atoms with Gasteiger partial charge in [-0.05, 0) is 112 Å². The number of fused-ring (bicyclic) bond motifs is 6. The Bertz CT molecular complexity index is 3230. The summed E-state index contributed by atoms with van der Waals surface area (Å²) in [6.45, 7) is 0. The van der Waals surface area contributed by atoms with Crippen molar-refractivity contribution in [2.75, 3.05) is 0 Å². The van der Waals surface area contributed by atoms with Crippen LogP contribution in [0.1, 0.15) is 0 Å². The summed E-state index contributed by atoms with van der Waals surface area (Å²) in [6.07, 6.45) is 1.85. The van der Waals surface area contributed by atoms with Crippen LogP contribution >= 0.6 is 0 Å². The van der Waals surface area contributed by atoms with Gasteiger partial charge in [-0.3, -0.25) is 4.98 Å². The largest absolute Gasteiger partial charge is 0.455 e. The zero-order valence-electron chi connectivity index (χ0n) is 30.4. The second-order valence-electron chi connectivity index (χ2n) is 14.4. The highest BCUT2D eigenvalue weighted by atomic mass is 16.3. The van der Waals surface area contributed by atoms with Crippen molar-refractivity contribution in [3.63, 3.8) is 0 Å². The molecule has 0 aliphatic heterocycles. The zero-order chi connectivity index (χ0) is 37.0. The van der Waals surface area contributed by atoms with Gasteiger partial charge in [-0.2, -0.15) is 0 Å². The Morgan fingerprint density at radius 2 is 0.911 bits per heavy atom. The van der Waals surface area contributed by atoms with E-state index in [1.165, 1.54) is 38.6 Å². The molecule has 0 atom stereocenters. The molecule has 0 aliphatic carbocycles. The van der Waals surface area contributed by atoms with Crippen LogP contribution < -0.4 is 0 Å². The summed E-state index contributed by atoms with van der Waals surface area (Å²) in [5.74, 6) is 0. The smallest absolute Gasteiger partial charge is 0.143 e. The van der Waals surface area contributed by atoms with Crippen LogP contribution in [0.25, 0.3) is 105 Å². The SMILES string of the molecule is c1ccc(-c2cccc(-c3cccc(-c4ccc5oc6c(-c7ccc8c(c7)c7cc(-c9ccccn9)ccc7n8-c7ccccc7)cccc6c5c4)c3)c2)cc1. The summed E-state index contributed by atoms with van der Waals surface area (Å²) in [5, 5.41) is 4.58. The molecule has 0 saturated carbocycles. The molecule has 0 saturated heterocycles. The standard InChI is InChI=1S/C53H34N2O/c1-3-12-35(13-4-1)36-14-9-15-37(30-36)38-16-10-17-39(31-38)40-25-28-52-48(32-40)45-21-11-20-44(53(45)56-52)41-23-26-50-46(33-41)47-34-42(49-22-7-8-29-54-49)24-27-51(47)55(50)43-18-5-2-6-19-43/h1-34H. The second kappa shape index (κ2) is 13.1. The summed E-state index contributed by atoms with van der Waals surface area (Å²) in [5.41, 5.74) is 16.6. The quantitative estimate of drug-likeness (QED) is 0.172. The third-order valence-corrected chi connectivity index (χ3v) is 11.0. The van der Waals surface area contributed by atoms with E-state index in [1.807, 2.05) is 18.3 Å². The van der Waals surface area contributed by atoms with Gasteiger partial charge in [-0.15, -0.1) is 0 Å². The highest BCUT2D eigenvalue weighted by molar-refractivity contribution is 6.14. The Balaban J connectivity index is 1.02. The Morgan fingerprint density at radius 1 is 0.357 bits per heavy atom. The first-order valence-electron chi connectivity index (χ1n) is 19.0. The van der Waals surface area contributed by atoms with Crippen molar-refractivity contribution in [1.82, 2.24) is 9.55 Å². The van der Waals surface area contributed by atoms with Crippen molar-refractivity contribution in [1.29, 1.82) is 0 Å². The molecular formula is C53H34N2O. The first-order chi connectivity index (χ1) is 27.7. The number of hydrogen-bond acceptors (Lipinski definition) is 2. The molecule has 0 amide bonds. The van der Waals surface area contributed by atoms with Crippen LogP contribution in [0.5, 0.6) is 0 Å². The predicted molar refractivity (Wildman–Crippen MR) is 233 cm³/mol. The zero-order valence-corrected chi connectivity index (χ0v) is 30.4. The summed E-state index contributed by atoms with van der Waals surface area (Å²) in [4.78, 5) is 4.66. The van der Waals surface area contributed by atoms with E-state index in [1.54, 1.807) is 0 Å². The van der Waals surface area contributed by atoms with Gasteiger partial charge in [-0.1, -0.05) is 127 Å². The van der Waals surface area contributed by atoms with Crippen LogP contribution in [-0.4, -0.2) is 9.55 Å². The molecule has 0 fully saturated rings. The fraction of sp³-hybridized carbons (Fsp3) is 0. The average Bonchev–Trinajstić information content (AvgIpc) is 3.82. The number of hydrogen-bond donors (Lipinski definition) is 0.